The van der Waals surface area contributed by atoms with E-state index in [1.165, 1.54) is 11.6 Å². The Hall–Kier alpha value is -3.48. The second kappa shape index (κ2) is 8.33. The van der Waals surface area contributed by atoms with Crippen molar-refractivity contribution in [3.05, 3.63) is 30.5 Å². The molecule has 1 saturated heterocycles. The SMILES string of the molecule is [2H]C([2H])([2H])N1CC[C@@H](Nc2nc(OC)c3c(-c4ccc5nnn(CC(C)(F)F)c5c4)ccn3n2)C(F)(F)C1. The number of alkyl halides is 4. The van der Waals surface area contributed by atoms with E-state index in [2.05, 4.69) is 25.7 Å². The van der Waals surface area contributed by atoms with Crippen molar-refractivity contribution in [2.24, 2.45) is 0 Å². The average Bonchev–Trinajstić information content (AvgIpc) is 3.42. The number of nitrogens with zero attached hydrogens (tertiary/aromatic N) is 7. The highest BCUT2D eigenvalue weighted by Crippen LogP contribution is 2.34. The van der Waals surface area contributed by atoms with Gasteiger partial charge in [-0.1, -0.05) is 11.3 Å². The van der Waals surface area contributed by atoms with Gasteiger partial charge in [-0.05, 0) is 37.2 Å². The summed E-state index contributed by atoms with van der Waals surface area (Å²) in [5.74, 6) is -6.36. The van der Waals surface area contributed by atoms with Crippen LogP contribution in [0.5, 0.6) is 5.88 Å². The molecule has 0 radical (unpaired) electrons. The molecular weight excluding hydrogens is 468 g/mol. The molecule has 9 nitrogen and oxygen atoms in total. The normalized spacial score (nSPS) is 20.5. The van der Waals surface area contributed by atoms with Crippen LogP contribution in [-0.4, -0.2) is 79.6 Å². The molecule has 1 aromatic carbocycles. The van der Waals surface area contributed by atoms with E-state index in [1.54, 1.807) is 30.5 Å². The smallest absolute Gasteiger partial charge is 0.280 e. The number of nitrogens with one attached hydrogen (secondary N) is 1. The minimum absolute atomic E-state index is 0.0469. The Morgan fingerprint density at radius 1 is 1.31 bits per heavy atom. The van der Waals surface area contributed by atoms with E-state index < -0.39 is 38.0 Å². The molecular formula is C22H24F4N8O. The van der Waals surface area contributed by atoms with Gasteiger partial charge in [0.15, 0.2) is 0 Å². The lowest BCUT2D eigenvalue weighted by Gasteiger charge is -2.36. The van der Waals surface area contributed by atoms with Gasteiger partial charge in [-0.15, -0.1) is 10.2 Å². The van der Waals surface area contributed by atoms with E-state index in [9.17, 15) is 17.6 Å². The van der Waals surface area contributed by atoms with Crippen LogP contribution in [0.25, 0.3) is 27.7 Å². The number of rotatable bonds is 6. The quantitative estimate of drug-likeness (QED) is 0.410. The average molecular weight is 495 g/mol. The summed E-state index contributed by atoms with van der Waals surface area (Å²) in [7, 11) is 1.37. The van der Waals surface area contributed by atoms with Gasteiger partial charge in [-0.2, -0.15) is 4.98 Å². The Bertz CT molecular complexity index is 1480. The summed E-state index contributed by atoms with van der Waals surface area (Å²) in [6.07, 6.45) is 1.46. The predicted molar refractivity (Wildman–Crippen MR) is 121 cm³/mol. The molecule has 13 heteroatoms. The molecule has 0 spiro atoms. The van der Waals surface area contributed by atoms with Crippen LogP contribution >= 0.6 is 0 Å². The van der Waals surface area contributed by atoms with Gasteiger partial charge in [0.2, 0.25) is 11.8 Å². The predicted octanol–water partition coefficient (Wildman–Crippen LogP) is 3.56. The molecule has 1 fully saturated rings. The summed E-state index contributed by atoms with van der Waals surface area (Å²) in [5, 5.41) is 14.7. The molecule has 0 saturated carbocycles. The lowest BCUT2D eigenvalue weighted by atomic mass is 10.0. The Balaban J connectivity index is 1.47. The van der Waals surface area contributed by atoms with E-state index in [4.69, 9.17) is 8.85 Å². The fraction of sp³-hybridized carbons (Fsp3) is 0.455. The van der Waals surface area contributed by atoms with Gasteiger partial charge in [0.1, 0.15) is 17.6 Å². The molecule has 3 aromatic heterocycles. The maximum atomic E-state index is 14.8. The molecule has 1 atom stereocenters. The first-order chi connectivity index (χ1) is 17.7. The van der Waals surface area contributed by atoms with Crippen molar-refractivity contribution in [1.29, 1.82) is 0 Å². The van der Waals surface area contributed by atoms with E-state index >= 15 is 0 Å². The van der Waals surface area contributed by atoms with E-state index in [-0.39, 0.29) is 24.8 Å². The number of aromatic nitrogens is 6. The molecule has 1 aliphatic heterocycles. The number of hydrogen-bond donors (Lipinski definition) is 1. The van der Waals surface area contributed by atoms with Crippen molar-refractivity contribution in [1.82, 2.24) is 34.5 Å². The highest BCUT2D eigenvalue weighted by atomic mass is 19.3. The van der Waals surface area contributed by atoms with E-state index in [1.807, 2.05) is 0 Å². The summed E-state index contributed by atoms with van der Waals surface area (Å²) in [5.41, 5.74) is 2.53. The third kappa shape index (κ3) is 4.47. The Morgan fingerprint density at radius 2 is 2.14 bits per heavy atom. The topological polar surface area (TPSA) is 85.4 Å². The van der Waals surface area contributed by atoms with Crippen LogP contribution < -0.4 is 10.1 Å². The molecule has 0 unspecified atom stereocenters. The highest BCUT2D eigenvalue weighted by molar-refractivity contribution is 5.89. The monoisotopic (exact) mass is 495 g/mol. The lowest BCUT2D eigenvalue weighted by Crippen LogP contribution is -2.53. The third-order valence-corrected chi connectivity index (χ3v) is 5.83. The lowest BCUT2D eigenvalue weighted by molar-refractivity contribution is -0.0675. The Kier molecular flexibility index (Phi) is 4.71. The van der Waals surface area contributed by atoms with Crippen LogP contribution in [0.2, 0.25) is 0 Å². The number of anilines is 1. The summed E-state index contributed by atoms with van der Waals surface area (Å²) in [4.78, 5) is 5.04. The first-order valence-electron chi connectivity index (χ1n) is 12.3. The van der Waals surface area contributed by atoms with Gasteiger partial charge in [0.25, 0.3) is 11.8 Å². The number of piperidine rings is 1. The van der Waals surface area contributed by atoms with Crippen LogP contribution in [0.3, 0.4) is 0 Å². The minimum atomic E-state index is -3.35. The van der Waals surface area contributed by atoms with Crippen LogP contribution in [0, 0.1) is 0 Å². The summed E-state index contributed by atoms with van der Waals surface area (Å²) >= 11 is 0. The van der Waals surface area contributed by atoms with Gasteiger partial charge in [-0.25, -0.2) is 26.8 Å². The fourth-order valence-corrected chi connectivity index (χ4v) is 4.21. The van der Waals surface area contributed by atoms with Crippen molar-refractivity contribution in [2.75, 3.05) is 32.5 Å². The molecule has 186 valence electrons. The Labute approximate surface area is 201 Å². The number of benzene rings is 1. The van der Waals surface area contributed by atoms with E-state index in [0.29, 0.717) is 27.7 Å². The number of fused-ring (bicyclic) bond motifs is 2. The number of likely N-dealkylation sites (tertiary alicyclic amines) is 1. The van der Waals surface area contributed by atoms with Gasteiger partial charge in [-0.3, -0.25) is 0 Å². The number of hydrogen-bond acceptors (Lipinski definition) is 7. The molecule has 4 heterocycles. The second-order valence-corrected chi connectivity index (χ2v) is 8.66. The highest BCUT2D eigenvalue weighted by Gasteiger charge is 2.44. The Morgan fingerprint density at radius 3 is 2.86 bits per heavy atom. The third-order valence-electron chi connectivity index (χ3n) is 5.83. The van der Waals surface area contributed by atoms with Crippen molar-refractivity contribution >= 4 is 22.5 Å². The molecule has 1 aliphatic rings. The molecule has 0 amide bonds. The standard InChI is InChI=1S/C22H24F4N8O/c1-21(23,24)11-34-16-10-13(4-5-15(16)29-31-34)14-6-9-33-18(14)19(35-3)28-20(30-33)27-17-7-8-32(2)12-22(17,25)26/h4-6,9-10,17H,7-8,11-12H2,1-3H3,(H,27,30)/t17-/m1/s1/i2D3. The van der Waals surface area contributed by atoms with Crippen LogP contribution in [0.4, 0.5) is 23.5 Å². The van der Waals surface area contributed by atoms with Gasteiger partial charge in [0, 0.05) is 29.3 Å². The molecule has 4 aromatic rings. The maximum Gasteiger partial charge on any atom is 0.280 e. The van der Waals surface area contributed by atoms with E-state index in [0.717, 1.165) is 16.5 Å². The van der Waals surface area contributed by atoms with Crippen LogP contribution in [0.1, 0.15) is 17.5 Å². The zero-order chi connectivity index (χ0) is 27.5. The molecule has 35 heavy (non-hydrogen) atoms. The number of halogens is 4. The summed E-state index contributed by atoms with van der Waals surface area (Å²) < 4.78 is 87.0. The van der Waals surface area contributed by atoms with Crippen LogP contribution in [-0.2, 0) is 6.54 Å². The van der Waals surface area contributed by atoms with Crippen molar-refractivity contribution in [3.63, 3.8) is 0 Å². The molecule has 1 N–H and O–H groups in total. The van der Waals surface area contributed by atoms with Crippen molar-refractivity contribution in [3.8, 4) is 17.0 Å². The largest absolute Gasteiger partial charge is 0.479 e. The number of methoxy groups -OCH3 is 1. The van der Waals surface area contributed by atoms with Gasteiger partial charge < -0.3 is 15.0 Å². The second-order valence-electron chi connectivity index (χ2n) is 8.66. The first-order valence-corrected chi connectivity index (χ1v) is 10.8. The number of ether oxygens (including phenoxy) is 1. The van der Waals surface area contributed by atoms with Gasteiger partial charge >= 0.3 is 0 Å². The van der Waals surface area contributed by atoms with Crippen molar-refractivity contribution < 1.29 is 26.4 Å². The first kappa shape index (κ1) is 19.8. The molecule has 5 rings (SSSR count). The summed E-state index contributed by atoms with van der Waals surface area (Å²) in [6.45, 7) is -3.42. The van der Waals surface area contributed by atoms with Crippen LogP contribution in [0.15, 0.2) is 30.5 Å². The van der Waals surface area contributed by atoms with Gasteiger partial charge in [0.05, 0.1) is 25.2 Å². The minimum Gasteiger partial charge on any atom is -0.479 e. The fourth-order valence-electron chi connectivity index (χ4n) is 4.21. The zero-order valence-corrected chi connectivity index (χ0v) is 18.8. The van der Waals surface area contributed by atoms with Crippen molar-refractivity contribution in [2.45, 2.75) is 37.8 Å². The molecule has 0 aliphatic carbocycles. The summed E-state index contributed by atoms with van der Waals surface area (Å²) in [6, 6.07) is 5.39. The molecule has 0 bridgehead atoms. The maximum absolute atomic E-state index is 14.8. The zero-order valence-electron chi connectivity index (χ0n) is 21.8.